The summed E-state index contributed by atoms with van der Waals surface area (Å²) in [5.41, 5.74) is 1.34. The molecule has 8 nitrogen and oxygen atoms in total. The minimum Gasteiger partial charge on any atom is -0.448 e. The van der Waals surface area contributed by atoms with Gasteiger partial charge in [-0.25, -0.2) is 4.68 Å². The number of carbonyl (C=O) groups excluding carboxylic acids is 1. The van der Waals surface area contributed by atoms with Gasteiger partial charge < -0.3 is 4.74 Å². The molecule has 1 amide bonds. The van der Waals surface area contributed by atoms with Gasteiger partial charge in [-0.1, -0.05) is 0 Å². The van der Waals surface area contributed by atoms with E-state index in [-0.39, 0.29) is 12.3 Å². The van der Waals surface area contributed by atoms with Gasteiger partial charge in [-0.3, -0.25) is 14.0 Å². The fraction of sp³-hybridized carbons (Fsp3) is 0.412. The molecule has 1 unspecified atom stereocenters. The highest BCUT2D eigenvalue weighted by atomic mass is 32.2. The molecule has 0 saturated carbocycles. The summed E-state index contributed by atoms with van der Waals surface area (Å²) >= 11 is 0. The van der Waals surface area contributed by atoms with Gasteiger partial charge in [0.2, 0.25) is 17.5 Å². The lowest BCUT2D eigenvalue weighted by Gasteiger charge is -2.27. The Hall–Kier alpha value is -2.55. The van der Waals surface area contributed by atoms with Crippen molar-refractivity contribution in [3.63, 3.8) is 0 Å². The zero-order chi connectivity index (χ0) is 18.9. The average Bonchev–Trinajstić information content (AvgIpc) is 3.13. The normalized spacial score (nSPS) is 16.9. The molecule has 0 bridgehead atoms. The SMILES string of the molecule is Cc1nn(-c2cccnc2)cc1C1=NN(C(=O)CCS(C)=O)C(C)(C)O1. The number of nitrogens with zero attached hydrogens (tertiary/aromatic N) is 5. The molecule has 1 aliphatic rings. The molecule has 26 heavy (non-hydrogen) atoms. The molecule has 9 heteroatoms. The zero-order valence-electron chi connectivity index (χ0n) is 15.2. The van der Waals surface area contributed by atoms with Crippen molar-refractivity contribution >= 4 is 22.6 Å². The molecule has 0 aliphatic carbocycles. The highest BCUT2D eigenvalue weighted by Gasteiger charge is 2.41. The third-order valence-corrected chi connectivity index (χ3v) is 4.71. The van der Waals surface area contributed by atoms with Crippen molar-refractivity contribution in [2.75, 3.05) is 12.0 Å². The molecule has 3 heterocycles. The van der Waals surface area contributed by atoms with Crippen LogP contribution in [0.4, 0.5) is 0 Å². The Morgan fingerprint density at radius 2 is 2.15 bits per heavy atom. The summed E-state index contributed by atoms with van der Waals surface area (Å²) in [6, 6.07) is 3.72. The maximum absolute atomic E-state index is 12.4. The van der Waals surface area contributed by atoms with E-state index in [2.05, 4.69) is 15.2 Å². The van der Waals surface area contributed by atoms with Crippen LogP contribution in [0.25, 0.3) is 5.69 Å². The first kappa shape index (κ1) is 18.2. The van der Waals surface area contributed by atoms with Crippen LogP contribution in [0.5, 0.6) is 0 Å². The summed E-state index contributed by atoms with van der Waals surface area (Å²) in [5.74, 6) is 0.417. The highest BCUT2D eigenvalue weighted by molar-refractivity contribution is 7.84. The van der Waals surface area contributed by atoms with Gasteiger partial charge in [-0.05, 0) is 32.9 Å². The maximum atomic E-state index is 12.4. The third kappa shape index (κ3) is 3.67. The van der Waals surface area contributed by atoms with Gasteiger partial charge in [0.1, 0.15) is 0 Å². The first-order valence-corrected chi connectivity index (χ1v) is 9.88. The van der Waals surface area contributed by atoms with Crippen LogP contribution >= 0.6 is 0 Å². The van der Waals surface area contributed by atoms with Crippen LogP contribution in [0.3, 0.4) is 0 Å². The number of rotatable bonds is 5. The van der Waals surface area contributed by atoms with E-state index < -0.39 is 16.5 Å². The first-order chi connectivity index (χ1) is 12.3. The largest absolute Gasteiger partial charge is 0.448 e. The Morgan fingerprint density at radius 1 is 1.38 bits per heavy atom. The summed E-state index contributed by atoms with van der Waals surface area (Å²) in [6.07, 6.45) is 6.93. The number of aryl methyl sites for hydroxylation is 1. The molecular weight excluding hydrogens is 354 g/mol. The minimum atomic E-state index is -1.03. The molecule has 2 aromatic heterocycles. The zero-order valence-corrected chi connectivity index (χ0v) is 16.0. The fourth-order valence-corrected chi connectivity index (χ4v) is 3.07. The lowest BCUT2D eigenvalue weighted by molar-refractivity contribution is -0.144. The quantitative estimate of drug-likeness (QED) is 0.792. The van der Waals surface area contributed by atoms with E-state index in [0.717, 1.165) is 11.4 Å². The molecule has 1 aliphatic heterocycles. The van der Waals surface area contributed by atoms with Crippen molar-refractivity contribution in [1.29, 1.82) is 0 Å². The topological polar surface area (TPSA) is 89.7 Å². The molecule has 138 valence electrons. The maximum Gasteiger partial charge on any atom is 0.247 e. The minimum absolute atomic E-state index is 0.153. The number of hydrogen-bond donors (Lipinski definition) is 0. The molecule has 0 aromatic carbocycles. The number of amides is 1. The van der Waals surface area contributed by atoms with Crippen LogP contribution in [0, 0.1) is 6.92 Å². The highest BCUT2D eigenvalue weighted by Crippen LogP contribution is 2.28. The van der Waals surface area contributed by atoms with Crippen molar-refractivity contribution in [3.8, 4) is 5.69 Å². The third-order valence-electron chi connectivity index (χ3n) is 3.93. The molecule has 0 N–H and O–H groups in total. The van der Waals surface area contributed by atoms with Crippen molar-refractivity contribution in [1.82, 2.24) is 19.8 Å². The van der Waals surface area contributed by atoms with Crippen LogP contribution in [0.15, 0.2) is 35.8 Å². The Bertz CT molecular complexity index is 876. The van der Waals surface area contributed by atoms with Gasteiger partial charge in [0, 0.05) is 41.6 Å². The molecule has 0 saturated heterocycles. The molecule has 0 spiro atoms. The predicted molar refractivity (Wildman–Crippen MR) is 98.2 cm³/mol. The molecule has 2 aromatic rings. The van der Waals surface area contributed by atoms with E-state index in [9.17, 15) is 9.00 Å². The number of pyridine rings is 1. The predicted octanol–water partition coefficient (Wildman–Crippen LogP) is 1.60. The van der Waals surface area contributed by atoms with Gasteiger partial charge >= 0.3 is 0 Å². The Balaban J connectivity index is 1.88. The second-order valence-corrected chi connectivity index (χ2v) is 8.03. The molecule has 0 fully saturated rings. The number of carbonyl (C=O) groups is 1. The number of hydrazone groups is 1. The lowest BCUT2D eigenvalue weighted by Crippen LogP contribution is -2.42. The summed E-state index contributed by atoms with van der Waals surface area (Å²) in [4.78, 5) is 16.5. The molecule has 1 atom stereocenters. The van der Waals surface area contributed by atoms with E-state index in [0.29, 0.717) is 17.2 Å². The van der Waals surface area contributed by atoms with Crippen LogP contribution in [0.1, 0.15) is 31.5 Å². The van der Waals surface area contributed by atoms with E-state index in [1.165, 1.54) is 5.01 Å². The van der Waals surface area contributed by atoms with Crippen molar-refractivity contribution < 1.29 is 13.7 Å². The Kier molecular flexibility index (Phi) is 4.90. The second-order valence-electron chi connectivity index (χ2n) is 6.47. The average molecular weight is 375 g/mol. The van der Waals surface area contributed by atoms with Crippen molar-refractivity contribution in [2.45, 2.75) is 32.9 Å². The number of hydrogen-bond acceptors (Lipinski definition) is 6. The molecule has 0 radical (unpaired) electrons. The van der Waals surface area contributed by atoms with Gasteiger partial charge in [-0.2, -0.15) is 10.1 Å². The summed E-state index contributed by atoms with van der Waals surface area (Å²) in [7, 11) is -1.03. The Labute approximate surface area is 154 Å². The van der Waals surface area contributed by atoms with Gasteiger partial charge in [0.25, 0.3) is 0 Å². The standard InChI is InChI=1S/C17H21N5O3S/c1-12-14(11-21(19-12)13-6-5-8-18-10-13)16-20-22(17(2,3)25-16)15(23)7-9-26(4)24/h5-6,8,10-11H,7,9H2,1-4H3. The van der Waals surface area contributed by atoms with Crippen LogP contribution in [0.2, 0.25) is 0 Å². The van der Waals surface area contributed by atoms with Gasteiger partial charge in [0.05, 0.1) is 23.1 Å². The second kappa shape index (κ2) is 6.99. The van der Waals surface area contributed by atoms with E-state index in [4.69, 9.17) is 4.74 Å². The van der Waals surface area contributed by atoms with Crippen molar-refractivity contribution in [3.05, 3.63) is 42.0 Å². The van der Waals surface area contributed by atoms with Crippen LogP contribution in [-0.4, -0.2) is 53.5 Å². The lowest BCUT2D eigenvalue weighted by atomic mass is 10.2. The van der Waals surface area contributed by atoms with Gasteiger partial charge in [-0.15, -0.1) is 5.10 Å². The number of ether oxygens (including phenoxy) is 1. The molecule has 3 rings (SSSR count). The summed E-state index contributed by atoms with van der Waals surface area (Å²) in [5, 5.41) is 10.2. The fourth-order valence-electron chi connectivity index (χ4n) is 2.60. The first-order valence-electron chi connectivity index (χ1n) is 8.15. The molecular formula is C17H21N5O3S. The summed E-state index contributed by atoms with van der Waals surface area (Å²) in [6.45, 7) is 5.39. The van der Waals surface area contributed by atoms with E-state index >= 15 is 0 Å². The van der Waals surface area contributed by atoms with Crippen LogP contribution < -0.4 is 0 Å². The van der Waals surface area contributed by atoms with Crippen molar-refractivity contribution in [2.24, 2.45) is 5.10 Å². The monoisotopic (exact) mass is 375 g/mol. The van der Waals surface area contributed by atoms with E-state index in [1.54, 1.807) is 43.4 Å². The van der Waals surface area contributed by atoms with Crippen LogP contribution in [-0.2, 0) is 20.3 Å². The smallest absolute Gasteiger partial charge is 0.247 e. The Morgan fingerprint density at radius 3 is 2.81 bits per heavy atom. The summed E-state index contributed by atoms with van der Waals surface area (Å²) < 4.78 is 18.9. The van der Waals surface area contributed by atoms with Gasteiger partial charge in [0.15, 0.2) is 0 Å². The number of aromatic nitrogens is 3. The van der Waals surface area contributed by atoms with E-state index in [1.807, 2.05) is 19.1 Å².